The van der Waals surface area contributed by atoms with Crippen molar-refractivity contribution >= 4 is 17.1 Å². The average molecular weight is 470 g/mol. The lowest BCUT2D eigenvalue weighted by atomic mass is 10.0. The Morgan fingerprint density at radius 2 is 1.09 bits per heavy atom. The summed E-state index contributed by atoms with van der Waals surface area (Å²) in [5.41, 5.74) is 6.92. The van der Waals surface area contributed by atoms with Crippen LogP contribution < -0.4 is 9.64 Å². The summed E-state index contributed by atoms with van der Waals surface area (Å²) in [5, 5.41) is 31.8. The van der Waals surface area contributed by atoms with E-state index < -0.39 is 0 Å². The molecule has 0 heterocycles. The van der Waals surface area contributed by atoms with E-state index in [0.717, 1.165) is 39.3 Å². The molecule has 0 aliphatic carbocycles. The predicted octanol–water partition coefficient (Wildman–Crippen LogP) is 7.92. The molecule has 0 radical (unpaired) electrons. The highest BCUT2D eigenvalue weighted by Gasteiger charge is 2.23. The molecule has 0 atom stereocenters. The third kappa shape index (κ3) is 4.37. The zero-order chi connectivity index (χ0) is 25.4. The molecule has 0 bridgehead atoms. The molecule has 4 rings (SSSR count). The summed E-state index contributed by atoms with van der Waals surface area (Å²) in [6.07, 6.45) is 0. The highest BCUT2D eigenvalue weighted by Crippen LogP contribution is 2.47. The van der Waals surface area contributed by atoms with Gasteiger partial charge in [0.1, 0.15) is 23.0 Å². The Kier molecular flexibility index (Phi) is 6.35. The quantitative estimate of drug-likeness (QED) is 0.277. The summed E-state index contributed by atoms with van der Waals surface area (Å²) in [7, 11) is 0. The third-order valence-corrected chi connectivity index (χ3v) is 6.51. The van der Waals surface area contributed by atoms with Gasteiger partial charge in [-0.05, 0) is 94.1 Å². The predicted molar refractivity (Wildman–Crippen MR) is 141 cm³/mol. The van der Waals surface area contributed by atoms with Gasteiger partial charge >= 0.3 is 0 Å². The first-order chi connectivity index (χ1) is 16.6. The minimum absolute atomic E-state index is 0.165. The van der Waals surface area contributed by atoms with Crippen LogP contribution in [0.3, 0.4) is 0 Å². The van der Waals surface area contributed by atoms with Gasteiger partial charge in [0.2, 0.25) is 0 Å². The average Bonchev–Trinajstić information content (AvgIpc) is 2.83. The first kappa shape index (κ1) is 24.0. The summed E-state index contributed by atoms with van der Waals surface area (Å²) in [6, 6.07) is 18.8. The molecule has 35 heavy (non-hydrogen) atoms. The molecular formula is C30H31NO4. The molecule has 0 saturated heterocycles. The number of hydrogen-bond donors (Lipinski definition) is 3. The maximum atomic E-state index is 10.8. The van der Waals surface area contributed by atoms with Gasteiger partial charge in [0.15, 0.2) is 5.75 Å². The molecule has 180 valence electrons. The number of anilines is 3. The van der Waals surface area contributed by atoms with E-state index in [1.54, 1.807) is 6.07 Å². The fourth-order valence-electron chi connectivity index (χ4n) is 4.30. The Morgan fingerprint density at radius 3 is 1.66 bits per heavy atom. The lowest BCUT2D eigenvalue weighted by Gasteiger charge is -2.31. The van der Waals surface area contributed by atoms with Crippen molar-refractivity contribution in [2.24, 2.45) is 0 Å². The molecular weight excluding hydrogens is 438 g/mol. The van der Waals surface area contributed by atoms with Crippen molar-refractivity contribution in [2.75, 3.05) is 4.90 Å². The number of para-hydroxylation sites is 2. The van der Waals surface area contributed by atoms with E-state index in [-0.39, 0.29) is 17.2 Å². The molecule has 4 aromatic rings. The number of phenols is 3. The molecule has 0 aliphatic heterocycles. The van der Waals surface area contributed by atoms with Gasteiger partial charge in [0.05, 0.1) is 17.1 Å². The van der Waals surface area contributed by atoms with Gasteiger partial charge in [-0.3, -0.25) is 0 Å². The summed E-state index contributed by atoms with van der Waals surface area (Å²) in [4.78, 5) is 1.99. The number of ether oxygens (including phenoxy) is 1. The number of nitrogens with zero attached hydrogens (tertiary/aromatic N) is 1. The Balaban J connectivity index is 1.97. The molecule has 3 N–H and O–H groups in total. The molecule has 0 amide bonds. The Hall–Kier alpha value is -4.12. The van der Waals surface area contributed by atoms with Crippen LogP contribution in [0.1, 0.15) is 33.4 Å². The van der Waals surface area contributed by atoms with Crippen molar-refractivity contribution in [2.45, 2.75) is 41.5 Å². The molecule has 0 aliphatic rings. The first-order valence-electron chi connectivity index (χ1n) is 11.6. The van der Waals surface area contributed by atoms with Crippen LogP contribution in [0.4, 0.5) is 17.1 Å². The topological polar surface area (TPSA) is 73.2 Å². The second kappa shape index (κ2) is 9.26. The first-order valence-corrected chi connectivity index (χ1v) is 11.6. The maximum absolute atomic E-state index is 10.8. The number of hydrogen-bond acceptors (Lipinski definition) is 5. The Labute approximate surface area is 206 Å². The fourth-order valence-corrected chi connectivity index (χ4v) is 4.30. The van der Waals surface area contributed by atoms with Crippen LogP contribution in [0, 0.1) is 41.5 Å². The zero-order valence-electron chi connectivity index (χ0n) is 21.0. The van der Waals surface area contributed by atoms with Gasteiger partial charge < -0.3 is 25.0 Å². The van der Waals surface area contributed by atoms with E-state index in [1.807, 2.05) is 101 Å². The van der Waals surface area contributed by atoms with Crippen molar-refractivity contribution in [3.63, 3.8) is 0 Å². The molecule has 5 nitrogen and oxygen atoms in total. The van der Waals surface area contributed by atoms with E-state index in [1.165, 1.54) is 0 Å². The second-order valence-corrected chi connectivity index (χ2v) is 9.06. The Bertz CT molecular complexity index is 1370. The van der Waals surface area contributed by atoms with Crippen molar-refractivity contribution in [3.8, 4) is 28.7 Å². The summed E-state index contributed by atoms with van der Waals surface area (Å²) in [6.45, 7) is 11.3. The van der Waals surface area contributed by atoms with Crippen molar-refractivity contribution in [3.05, 3.63) is 94.0 Å². The molecule has 4 aromatic carbocycles. The van der Waals surface area contributed by atoms with E-state index in [0.29, 0.717) is 22.6 Å². The molecule has 5 heteroatoms. The van der Waals surface area contributed by atoms with Crippen molar-refractivity contribution < 1.29 is 20.1 Å². The lowest BCUT2D eigenvalue weighted by Crippen LogP contribution is -2.14. The van der Waals surface area contributed by atoms with Gasteiger partial charge in [-0.15, -0.1) is 0 Å². The van der Waals surface area contributed by atoms with Gasteiger partial charge in [-0.25, -0.2) is 0 Å². The van der Waals surface area contributed by atoms with Gasteiger partial charge in [0.25, 0.3) is 0 Å². The monoisotopic (exact) mass is 469 g/mol. The number of benzene rings is 4. The van der Waals surface area contributed by atoms with Gasteiger partial charge in [-0.2, -0.15) is 0 Å². The largest absolute Gasteiger partial charge is 0.508 e. The van der Waals surface area contributed by atoms with Crippen LogP contribution in [-0.4, -0.2) is 15.3 Å². The van der Waals surface area contributed by atoms with Crippen LogP contribution in [0.5, 0.6) is 28.7 Å². The second-order valence-electron chi connectivity index (χ2n) is 9.06. The van der Waals surface area contributed by atoms with E-state index in [9.17, 15) is 15.3 Å². The van der Waals surface area contributed by atoms with Crippen LogP contribution in [-0.2, 0) is 0 Å². The highest BCUT2D eigenvalue weighted by molar-refractivity contribution is 5.85. The van der Waals surface area contributed by atoms with Gasteiger partial charge in [-0.1, -0.05) is 24.3 Å². The van der Waals surface area contributed by atoms with E-state index in [4.69, 9.17) is 4.74 Å². The summed E-state index contributed by atoms with van der Waals surface area (Å²) < 4.78 is 6.36. The molecule has 0 spiro atoms. The van der Waals surface area contributed by atoms with Crippen molar-refractivity contribution in [1.82, 2.24) is 0 Å². The summed E-state index contributed by atoms with van der Waals surface area (Å²) >= 11 is 0. The Morgan fingerprint density at radius 1 is 0.543 bits per heavy atom. The number of phenolic OH excluding ortho intramolecular Hbond substituents is 3. The smallest absolute Gasteiger partial charge is 0.151 e. The van der Waals surface area contributed by atoms with Crippen LogP contribution >= 0.6 is 0 Å². The minimum atomic E-state index is 0.165. The zero-order valence-corrected chi connectivity index (χ0v) is 21.0. The number of rotatable bonds is 5. The third-order valence-electron chi connectivity index (χ3n) is 6.51. The SMILES string of the molecule is Cc1cc(C)c(Oc2ccccc2N(c2ccc(C)c(O)c2C)c2ccc(C)c(O)c2C)cc1O. The fraction of sp³-hybridized carbons (Fsp3) is 0.200. The van der Waals surface area contributed by atoms with Crippen LogP contribution in [0.15, 0.2) is 60.7 Å². The van der Waals surface area contributed by atoms with Crippen LogP contribution in [0.25, 0.3) is 0 Å². The van der Waals surface area contributed by atoms with Gasteiger partial charge in [0, 0.05) is 17.2 Å². The number of aryl methyl sites for hydroxylation is 4. The minimum Gasteiger partial charge on any atom is -0.508 e. The molecule has 0 unspecified atom stereocenters. The standard InChI is InChI=1S/C30H31NO4/c1-17-11-13-23(21(5)29(17)33)31(24-14-12-18(2)30(34)22(24)6)25-9-7-8-10-27(25)35-28-16-26(32)19(3)15-20(28)4/h7-16,32-34H,1-6H3. The summed E-state index contributed by atoms with van der Waals surface area (Å²) in [5.74, 6) is 1.72. The number of aromatic hydroxyl groups is 3. The highest BCUT2D eigenvalue weighted by atomic mass is 16.5. The van der Waals surface area contributed by atoms with E-state index in [2.05, 4.69) is 0 Å². The van der Waals surface area contributed by atoms with Crippen LogP contribution in [0.2, 0.25) is 0 Å². The lowest BCUT2D eigenvalue weighted by molar-refractivity contribution is 0.450. The van der Waals surface area contributed by atoms with Crippen molar-refractivity contribution in [1.29, 1.82) is 0 Å². The molecule has 0 saturated carbocycles. The molecule has 0 fully saturated rings. The van der Waals surface area contributed by atoms with E-state index >= 15 is 0 Å². The normalized spacial score (nSPS) is 10.9. The maximum Gasteiger partial charge on any atom is 0.151 e. The molecule has 0 aromatic heterocycles.